The molecule has 0 aromatic heterocycles. The largest absolute Gasteiger partial charge is 0.454 e. The first-order valence-electron chi connectivity index (χ1n) is 5.33. The highest BCUT2D eigenvalue weighted by Gasteiger charge is 2.10. The highest BCUT2D eigenvalue weighted by Crippen LogP contribution is 2.28. The summed E-state index contributed by atoms with van der Waals surface area (Å²) in [5, 5.41) is 9.13. The first-order chi connectivity index (χ1) is 8.20. The average molecular weight is 232 g/mol. The molecule has 0 unspecified atom stereocenters. The van der Waals surface area contributed by atoms with Crippen molar-refractivity contribution in [3.8, 4) is 11.5 Å². The zero-order valence-corrected chi connectivity index (χ0v) is 9.48. The first-order valence-corrected chi connectivity index (χ1v) is 5.33. The van der Waals surface area contributed by atoms with Gasteiger partial charge in [-0.15, -0.1) is 0 Å². The van der Waals surface area contributed by atoms with Gasteiger partial charge < -0.3 is 9.84 Å². The fourth-order valence-corrected chi connectivity index (χ4v) is 1.59. The van der Waals surface area contributed by atoms with Crippen LogP contribution >= 0.6 is 0 Å². The summed E-state index contributed by atoms with van der Waals surface area (Å²) in [5.74, 6) is 0.170. The molecule has 2 nitrogen and oxygen atoms in total. The summed E-state index contributed by atoms with van der Waals surface area (Å²) in [4.78, 5) is 0. The molecule has 2 aromatic carbocycles. The normalized spacial score (nSPS) is 10.3. The van der Waals surface area contributed by atoms with Crippen LogP contribution in [-0.4, -0.2) is 5.11 Å². The zero-order chi connectivity index (χ0) is 12.3. The smallest absolute Gasteiger partial charge is 0.168 e. The van der Waals surface area contributed by atoms with Gasteiger partial charge in [0.2, 0.25) is 0 Å². The predicted molar refractivity (Wildman–Crippen MR) is 63.6 cm³/mol. The Morgan fingerprint density at radius 3 is 2.65 bits per heavy atom. The van der Waals surface area contributed by atoms with Crippen molar-refractivity contribution in [3.63, 3.8) is 0 Å². The Labute approximate surface area is 99.3 Å². The number of ether oxygens (including phenoxy) is 1. The van der Waals surface area contributed by atoms with Crippen molar-refractivity contribution in [2.45, 2.75) is 13.5 Å². The van der Waals surface area contributed by atoms with Crippen molar-refractivity contribution in [1.29, 1.82) is 0 Å². The van der Waals surface area contributed by atoms with Crippen molar-refractivity contribution in [2.24, 2.45) is 0 Å². The summed E-state index contributed by atoms with van der Waals surface area (Å²) < 4.78 is 19.1. The van der Waals surface area contributed by atoms with Gasteiger partial charge in [0.1, 0.15) is 5.75 Å². The number of rotatable bonds is 3. The topological polar surface area (TPSA) is 29.5 Å². The minimum Gasteiger partial charge on any atom is -0.454 e. The van der Waals surface area contributed by atoms with E-state index in [0.29, 0.717) is 11.3 Å². The third-order valence-corrected chi connectivity index (χ3v) is 2.43. The van der Waals surface area contributed by atoms with Gasteiger partial charge in [-0.3, -0.25) is 0 Å². The van der Waals surface area contributed by atoms with Gasteiger partial charge >= 0.3 is 0 Å². The molecular weight excluding hydrogens is 219 g/mol. The van der Waals surface area contributed by atoms with E-state index in [4.69, 9.17) is 9.84 Å². The van der Waals surface area contributed by atoms with Crippen LogP contribution in [0.1, 0.15) is 11.1 Å². The summed E-state index contributed by atoms with van der Waals surface area (Å²) in [6.07, 6.45) is 0. The lowest BCUT2D eigenvalue weighted by molar-refractivity contribution is 0.274. The minimum absolute atomic E-state index is 0.0839. The number of hydrogen-bond donors (Lipinski definition) is 1. The van der Waals surface area contributed by atoms with E-state index < -0.39 is 5.82 Å². The summed E-state index contributed by atoms with van der Waals surface area (Å²) >= 11 is 0. The van der Waals surface area contributed by atoms with Gasteiger partial charge in [0, 0.05) is 5.56 Å². The fraction of sp³-hybridized carbons (Fsp3) is 0.143. The Kier molecular flexibility index (Phi) is 3.40. The van der Waals surface area contributed by atoms with Crippen LogP contribution in [0.3, 0.4) is 0 Å². The van der Waals surface area contributed by atoms with Gasteiger partial charge in [0.25, 0.3) is 0 Å². The molecule has 0 saturated heterocycles. The summed E-state index contributed by atoms with van der Waals surface area (Å²) in [5.41, 5.74) is 1.47. The van der Waals surface area contributed by atoms with E-state index in [-0.39, 0.29) is 12.4 Å². The second-order valence-corrected chi connectivity index (χ2v) is 3.80. The molecule has 0 spiro atoms. The van der Waals surface area contributed by atoms with Gasteiger partial charge in [-0.05, 0) is 30.7 Å². The van der Waals surface area contributed by atoms with Gasteiger partial charge in [0.05, 0.1) is 6.61 Å². The Morgan fingerprint density at radius 1 is 1.18 bits per heavy atom. The van der Waals surface area contributed by atoms with Crippen LogP contribution < -0.4 is 4.74 Å². The van der Waals surface area contributed by atoms with Crippen molar-refractivity contribution in [2.75, 3.05) is 0 Å². The number of aliphatic hydroxyl groups is 1. The van der Waals surface area contributed by atoms with E-state index in [1.54, 1.807) is 18.2 Å². The van der Waals surface area contributed by atoms with E-state index in [0.717, 1.165) is 5.56 Å². The minimum atomic E-state index is -0.474. The number of para-hydroxylation sites is 1. The third kappa shape index (κ3) is 2.63. The Bertz CT molecular complexity index is 523. The molecule has 0 saturated carbocycles. The highest BCUT2D eigenvalue weighted by atomic mass is 19.1. The Morgan fingerprint density at radius 2 is 1.94 bits per heavy atom. The zero-order valence-electron chi connectivity index (χ0n) is 9.48. The van der Waals surface area contributed by atoms with Crippen LogP contribution in [0.25, 0.3) is 0 Å². The molecule has 0 atom stereocenters. The van der Waals surface area contributed by atoms with Crippen LogP contribution in [0, 0.1) is 12.7 Å². The SMILES string of the molecule is Cc1cccc(Oc2c(F)cccc2CO)c1. The molecule has 0 aliphatic carbocycles. The van der Waals surface area contributed by atoms with Crippen molar-refractivity contribution < 1.29 is 14.2 Å². The molecule has 0 fully saturated rings. The lowest BCUT2D eigenvalue weighted by atomic mass is 10.2. The van der Waals surface area contributed by atoms with E-state index >= 15 is 0 Å². The fourth-order valence-electron chi connectivity index (χ4n) is 1.59. The highest BCUT2D eigenvalue weighted by molar-refractivity contribution is 5.39. The molecule has 0 aliphatic rings. The molecule has 2 aromatic rings. The third-order valence-electron chi connectivity index (χ3n) is 2.43. The molecule has 0 aliphatic heterocycles. The van der Waals surface area contributed by atoms with Crippen LogP contribution in [0.2, 0.25) is 0 Å². The summed E-state index contributed by atoms with van der Waals surface area (Å²) in [6.45, 7) is 1.68. The maximum atomic E-state index is 13.6. The standard InChI is InChI=1S/C14H13FO2/c1-10-4-2-6-12(8-10)17-14-11(9-16)5-3-7-13(14)15/h2-8,16H,9H2,1H3. The molecule has 0 heterocycles. The molecule has 1 N–H and O–H groups in total. The lowest BCUT2D eigenvalue weighted by Crippen LogP contribution is -1.95. The molecule has 17 heavy (non-hydrogen) atoms. The van der Waals surface area contributed by atoms with E-state index in [1.807, 2.05) is 25.1 Å². The Hall–Kier alpha value is -1.87. The lowest BCUT2D eigenvalue weighted by Gasteiger charge is -2.10. The van der Waals surface area contributed by atoms with E-state index in [1.165, 1.54) is 6.07 Å². The van der Waals surface area contributed by atoms with Gasteiger partial charge in [-0.25, -0.2) is 4.39 Å². The van der Waals surface area contributed by atoms with Gasteiger partial charge in [-0.1, -0.05) is 24.3 Å². The average Bonchev–Trinajstić information content (AvgIpc) is 2.32. The molecule has 88 valence electrons. The molecule has 3 heteroatoms. The van der Waals surface area contributed by atoms with Crippen molar-refractivity contribution >= 4 is 0 Å². The molecular formula is C14H13FO2. The number of aryl methyl sites for hydroxylation is 1. The molecule has 2 rings (SSSR count). The van der Waals surface area contributed by atoms with Crippen molar-refractivity contribution in [3.05, 3.63) is 59.4 Å². The van der Waals surface area contributed by atoms with Crippen LogP contribution in [-0.2, 0) is 6.61 Å². The van der Waals surface area contributed by atoms with Gasteiger partial charge in [0.15, 0.2) is 11.6 Å². The number of hydrogen-bond acceptors (Lipinski definition) is 2. The van der Waals surface area contributed by atoms with Crippen LogP contribution in [0.4, 0.5) is 4.39 Å². The molecule has 0 radical (unpaired) electrons. The van der Waals surface area contributed by atoms with Crippen molar-refractivity contribution in [1.82, 2.24) is 0 Å². The maximum absolute atomic E-state index is 13.6. The summed E-state index contributed by atoms with van der Waals surface area (Å²) in [6, 6.07) is 11.8. The maximum Gasteiger partial charge on any atom is 0.168 e. The number of benzene rings is 2. The predicted octanol–water partition coefficient (Wildman–Crippen LogP) is 3.42. The summed E-state index contributed by atoms with van der Waals surface area (Å²) in [7, 11) is 0. The quantitative estimate of drug-likeness (QED) is 0.878. The Balaban J connectivity index is 2.35. The molecule has 0 amide bonds. The van der Waals surface area contributed by atoms with Crippen LogP contribution in [0.15, 0.2) is 42.5 Å². The monoisotopic (exact) mass is 232 g/mol. The second-order valence-electron chi connectivity index (χ2n) is 3.80. The van der Waals surface area contributed by atoms with Crippen LogP contribution in [0.5, 0.6) is 11.5 Å². The van der Waals surface area contributed by atoms with E-state index in [2.05, 4.69) is 0 Å². The van der Waals surface area contributed by atoms with Gasteiger partial charge in [-0.2, -0.15) is 0 Å². The number of halogens is 1. The first kappa shape index (κ1) is 11.6. The second kappa shape index (κ2) is 4.97. The molecule has 0 bridgehead atoms. The number of aliphatic hydroxyl groups excluding tert-OH is 1. The van der Waals surface area contributed by atoms with E-state index in [9.17, 15) is 4.39 Å².